The zero-order valence-electron chi connectivity index (χ0n) is 9.74. The lowest BCUT2D eigenvalue weighted by molar-refractivity contribution is -0.113. The fourth-order valence-electron chi connectivity index (χ4n) is 1.20. The number of carboxylic acid groups (broad SMARTS) is 1. The fraction of sp³-hybridized carbons (Fsp3) is 0.200. The van der Waals surface area contributed by atoms with E-state index in [9.17, 15) is 9.59 Å². The Labute approximate surface area is 120 Å². The van der Waals surface area contributed by atoms with E-state index in [1.807, 2.05) is 0 Å². The number of rotatable bonds is 5. The molecule has 1 amide bonds. The fourth-order valence-corrected chi connectivity index (χ4v) is 3.57. The zero-order valence-corrected chi connectivity index (χ0v) is 12.2. The normalized spacial score (nSPS) is 10.4. The molecule has 0 bridgehead atoms. The van der Waals surface area contributed by atoms with Crippen LogP contribution in [-0.4, -0.2) is 32.7 Å². The Morgan fingerprint density at radius 3 is 2.89 bits per heavy atom. The Balaban J connectivity index is 1.90. The van der Waals surface area contributed by atoms with Crippen molar-refractivity contribution in [2.45, 2.75) is 11.3 Å². The van der Waals surface area contributed by atoms with Gasteiger partial charge in [0.05, 0.1) is 11.4 Å². The van der Waals surface area contributed by atoms with Gasteiger partial charge in [0.2, 0.25) is 5.91 Å². The molecule has 2 aromatic rings. The summed E-state index contributed by atoms with van der Waals surface area (Å²) >= 11 is 3.63. The first-order valence-electron chi connectivity index (χ1n) is 5.09. The van der Waals surface area contributed by atoms with Crippen molar-refractivity contribution in [1.82, 2.24) is 9.97 Å². The highest BCUT2D eigenvalue weighted by Crippen LogP contribution is 2.27. The average Bonchev–Trinajstić information content (AvgIpc) is 2.96. The van der Waals surface area contributed by atoms with Gasteiger partial charge in [0.25, 0.3) is 0 Å². The second-order valence-electron chi connectivity index (χ2n) is 3.37. The summed E-state index contributed by atoms with van der Waals surface area (Å²) in [6.07, 6.45) is 1.61. The predicted octanol–water partition coefficient (Wildman–Crippen LogP) is 2.34. The Morgan fingerprint density at radius 2 is 2.32 bits per heavy atom. The molecule has 0 aromatic carbocycles. The van der Waals surface area contributed by atoms with Crippen molar-refractivity contribution in [3.8, 4) is 0 Å². The number of aromatic nitrogens is 2. The van der Waals surface area contributed by atoms with Gasteiger partial charge < -0.3 is 10.4 Å². The van der Waals surface area contributed by atoms with E-state index in [1.165, 1.54) is 23.1 Å². The second kappa shape index (κ2) is 6.13. The first-order chi connectivity index (χ1) is 9.06. The molecular formula is C10H9N3O3S3. The average molecular weight is 315 g/mol. The number of aromatic carboxylic acids is 1. The number of carbonyl (C=O) groups excluding carboxylic acids is 1. The number of amides is 1. The van der Waals surface area contributed by atoms with Crippen molar-refractivity contribution in [2.24, 2.45) is 0 Å². The zero-order chi connectivity index (χ0) is 13.8. The smallest absolute Gasteiger partial charge is 0.347 e. The molecule has 0 radical (unpaired) electrons. The third-order valence-corrected chi connectivity index (χ3v) is 4.95. The predicted molar refractivity (Wildman–Crippen MR) is 75.3 cm³/mol. The van der Waals surface area contributed by atoms with Crippen LogP contribution in [0.5, 0.6) is 0 Å². The van der Waals surface area contributed by atoms with Gasteiger partial charge in [-0.25, -0.2) is 14.8 Å². The van der Waals surface area contributed by atoms with Gasteiger partial charge in [0.1, 0.15) is 4.88 Å². The van der Waals surface area contributed by atoms with Crippen LogP contribution >= 0.6 is 34.4 Å². The van der Waals surface area contributed by atoms with Gasteiger partial charge in [-0.15, -0.1) is 22.7 Å². The maximum Gasteiger partial charge on any atom is 0.347 e. The van der Waals surface area contributed by atoms with Crippen LogP contribution in [0.4, 0.5) is 5.13 Å². The van der Waals surface area contributed by atoms with Crippen LogP contribution in [0.3, 0.4) is 0 Å². The van der Waals surface area contributed by atoms with Crippen LogP contribution in [0, 0.1) is 6.92 Å². The van der Waals surface area contributed by atoms with Crippen molar-refractivity contribution in [3.63, 3.8) is 0 Å². The number of hydrogen-bond donors (Lipinski definition) is 2. The van der Waals surface area contributed by atoms with Crippen LogP contribution in [0.2, 0.25) is 0 Å². The molecule has 0 atom stereocenters. The quantitative estimate of drug-likeness (QED) is 0.823. The number of hydrogen-bond acceptors (Lipinski definition) is 7. The standard InChI is InChI=1S/C10H9N3O3S3/c1-5-7(8(15)16)19-10(12-5)18-4-6(14)13-9-11-2-3-17-9/h2-3H,4H2,1H3,(H,15,16)(H,11,13,14). The van der Waals surface area contributed by atoms with Gasteiger partial charge in [-0.2, -0.15) is 0 Å². The molecule has 2 aromatic heterocycles. The van der Waals surface area contributed by atoms with Crippen molar-refractivity contribution >= 4 is 51.4 Å². The number of anilines is 1. The van der Waals surface area contributed by atoms with Crippen molar-refractivity contribution < 1.29 is 14.7 Å². The maximum absolute atomic E-state index is 11.6. The van der Waals surface area contributed by atoms with Gasteiger partial charge in [-0.1, -0.05) is 11.8 Å². The molecule has 2 N–H and O–H groups in total. The van der Waals surface area contributed by atoms with E-state index in [0.717, 1.165) is 11.3 Å². The molecule has 0 spiro atoms. The largest absolute Gasteiger partial charge is 0.477 e. The summed E-state index contributed by atoms with van der Waals surface area (Å²) in [6, 6.07) is 0. The molecule has 2 heterocycles. The first kappa shape index (κ1) is 14.0. The lowest BCUT2D eigenvalue weighted by Gasteiger charge is -1.98. The lowest BCUT2D eigenvalue weighted by Crippen LogP contribution is -2.13. The minimum atomic E-state index is -0.992. The van der Waals surface area contributed by atoms with Crippen LogP contribution in [-0.2, 0) is 4.79 Å². The van der Waals surface area contributed by atoms with E-state index in [1.54, 1.807) is 18.5 Å². The van der Waals surface area contributed by atoms with Crippen LogP contribution in [0.1, 0.15) is 15.4 Å². The maximum atomic E-state index is 11.6. The summed E-state index contributed by atoms with van der Waals surface area (Å²) in [6.45, 7) is 1.64. The van der Waals surface area contributed by atoms with E-state index in [2.05, 4.69) is 15.3 Å². The van der Waals surface area contributed by atoms with Crippen molar-refractivity contribution in [1.29, 1.82) is 0 Å². The van der Waals surface area contributed by atoms with Gasteiger partial charge in [0.15, 0.2) is 9.47 Å². The van der Waals surface area contributed by atoms with Crippen LogP contribution in [0.15, 0.2) is 15.9 Å². The molecular weight excluding hydrogens is 306 g/mol. The molecule has 0 saturated heterocycles. The van der Waals surface area contributed by atoms with E-state index < -0.39 is 5.97 Å². The monoisotopic (exact) mass is 315 g/mol. The Hall–Kier alpha value is -1.45. The summed E-state index contributed by atoms with van der Waals surface area (Å²) in [4.78, 5) is 30.7. The van der Waals surface area contributed by atoms with Gasteiger partial charge in [-0.3, -0.25) is 4.79 Å². The summed E-state index contributed by atoms with van der Waals surface area (Å²) in [5.41, 5.74) is 0.473. The molecule has 0 fully saturated rings. The van der Waals surface area contributed by atoms with Crippen molar-refractivity contribution in [2.75, 3.05) is 11.1 Å². The highest BCUT2D eigenvalue weighted by Gasteiger charge is 2.15. The highest BCUT2D eigenvalue weighted by atomic mass is 32.2. The van der Waals surface area contributed by atoms with Gasteiger partial charge >= 0.3 is 5.97 Å². The Morgan fingerprint density at radius 1 is 1.53 bits per heavy atom. The lowest BCUT2D eigenvalue weighted by atomic mass is 10.4. The minimum absolute atomic E-state index is 0.172. The molecule has 2 rings (SSSR count). The molecule has 19 heavy (non-hydrogen) atoms. The molecule has 0 aliphatic heterocycles. The molecule has 6 nitrogen and oxygen atoms in total. The molecule has 0 unspecified atom stereocenters. The molecule has 9 heteroatoms. The topological polar surface area (TPSA) is 92.2 Å². The second-order valence-corrected chi connectivity index (χ2v) is 6.49. The van der Waals surface area contributed by atoms with E-state index in [-0.39, 0.29) is 16.5 Å². The van der Waals surface area contributed by atoms with E-state index in [0.29, 0.717) is 15.2 Å². The summed E-state index contributed by atoms with van der Waals surface area (Å²) in [5, 5.41) is 13.9. The Kier molecular flexibility index (Phi) is 4.51. The minimum Gasteiger partial charge on any atom is -0.477 e. The third-order valence-electron chi connectivity index (χ3n) is 1.98. The number of aryl methyl sites for hydroxylation is 1. The Bertz CT molecular complexity index is 594. The first-order valence-corrected chi connectivity index (χ1v) is 7.77. The molecule has 0 aliphatic rings. The van der Waals surface area contributed by atoms with Gasteiger partial charge in [-0.05, 0) is 6.92 Å². The summed E-state index contributed by atoms with van der Waals surface area (Å²) in [7, 11) is 0. The summed E-state index contributed by atoms with van der Waals surface area (Å²) in [5.74, 6) is -1.01. The summed E-state index contributed by atoms with van der Waals surface area (Å²) < 4.78 is 0.573. The highest BCUT2D eigenvalue weighted by molar-refractivity contribution is 8.01. The third kappa shape index (κ3) is 3.75. The number of nitrogens with zero attached hydrogens (tertiary/aromatic N) is 2. The molecule has 0 saturated carbocycles. The number of carbonyl (C=O) groups is 2. The number of nitrogens with one attached hydrogen (secondary N) is 1. The van der Waals surface area contributed by atoms with Crippen LogP contribution < -0.4 is 5.32 Å². The molecule has 100 valence electrons. The van der Waals surface area contributed by atoms with Gasteiger partial charge in [0, 0.05) is 11.6 Å². The SMILES string of the molecule is Cc1nc(SCC(=O)Nc2nccs2)sc1C(=O)O. The number of carboxylic acids is 1. The van der Waals surface area contributed by atoms with E-state index >= 15 is 0 Å². The van der Waals surface area contributed by atoms with E-state index in [4.69, 9.17) is 5.11 Å². The molecule has 0 aliphatic carbocycles. The van der Waals surface area contributed by atoms with Crippen molar-refractivity contribution in [3.05, 3.63) is 22.1 Å². The van der Waals surface area contributed by atoms with Crippen LogP contribution in [0.25, 0.3) is 0 Å². The number of thioether (sulfide) groups is 1. The number of thiazole rings is 2.